The summed E-state index contributed by atoms with van der Waals surface area (Å²) in [5.74, 6) is 1.25. The van der Waals surface area contributed by atoms with Crippen molar-refractivity contribution in [3.8, 4) is 5.75 Å². The van der Waals surface area contributed by atoms with Gasteiger partial charge in [0.25, 0.3) is 0 Å². The van der Waals surface area contributed by atoms with Crippen LogP contribution in [0.4, 0.5) is 8.78 Å². The first-order valence-corrected chi connectivity index (χ1v) is 10.2. The summed E-state index contributed by atoms with van der Waals surface area (Å²) in [6, 6.07) is 3.36. The van der Waals surface area contributed by atoms with Crippen LogP contribution >= 0.6 is 0 Å². The van der Waals surface area contributed by atoms with Crippen LogP contribution in [0.5, 0.6) is 5.75 Å². The first-order chi connectivity index (χ1) is 12.1. The number of halogens is 2. The molecule has 2 aliphatic rings. The molecular formula is C22H32F2O. The fourth-order valence-electron chi connectivity index (χ4n) is 4.84. The zero-order valence-electron chi connectivity index (χ0n) is 15.7. The summed E-state index contributed by atoms with van der Waals surface area (Å²) in [4.78, 5) is 0. The largest absolute Gasteiger partial charge is 0.490 e. The molecule has 140 valence electrons. The average Bonchev–Trinajstić information content (AvgIpc) is 2.64. The molecule has 2 fully saturated rings. The fourth-order valence-corrected chi connectivity index (χ4v) is 4.84. The Labute approximate surface area is 151 Å². The third kappa shape index (κ3) is 4.35. The Morgan fingerprint density at radius 2 is 1.48 bits per heavy atom. The second-order valence-electron chi connectivity index (χ2n) is 8.26. The van der Waals surface area contributed by atoms with Gasteiger partial charge in [0.05, 0.1) is 6.61 Å². The van der Waals surface area contributed by atoms with Crippen molar-refractivity contribution in [3.63, 3.8) is 0 Å². The molecule has 1 aromatic rings. The van der Waals surface area contributed by atoms with Crippen LogP contribution in [0, 0.1) is 29.4 Å². The van der Waals surface area contributed by atoms with E-state index in [2.05, 4.69) is 6.92 Å². The predicted octanol–water partition coefficient (Wildman–Crippen LogP) is 6.85. The predicted molar refractivity (Wildman–Crippen MR) is 98.0 cm³/mol. The lowest BCUT2D eigenvalue weighted by Crippen LogP contribution is -2.25. The first-order valence-electron chi connectivity index (χ1n) is 10.2. The van der Waals surface area contributed by atoms with Crippen molar-refractivity contribution in [1.82, 2.24) is 0 Å². The van der Waals surface area contributed by atoms with Crippen molar-refractivity contribution in [1.29, 1.82) is 0 Å². The van der Waals surface area contributed by atoms with Gasteiger partial charge in [0.1, 0.15) is 0 Å². The van der Waals surface area contributed by atoms with Gasteiger partial charge in [-0.05, 0) is 80.2 Å². The van der Waals surface area contributed by atoms with E-state index >= 15 is 0 Å². The quantitative estimate of drug-likeness (QED) is 0.564. The average molecular weight is 350 g/mol. The van der Waals surface area contributed by atoms with Crippen molar-refractivity contribution in [2.75, 3.05) is 6.61 Å². The maximum Gasteiger partial charge on any atom is 0.200 e. The second-order valence-corrected chi connectivity index (χ2v) is 8.26. The molecule has 0 aliphatic heterocycles. The van der Waals surface area contributed by atoms with E-state index in [0.29, 0.717) is 12.2 Å². The standard InChI is InChI=1S/C22H32F2O/c1-3-14-25-20-13-12-19(21(23)22(20)24)18-10-8-17(9-11-18)16-6-4-15(2)5-7-16/h12-13,15-18H,3-11,14H2,1-2H3. The minimum absolute atomic E-state index is 0.0492. The summed E-state index contributed by atoms with van der Waals surface area (Å²) in [5.41, 5.74) is 0.553. The van der Waals surface area contributed by atoms with Crippen molar-refractivity contribution < 1.29 is 13.5 Å². The highest BCUT2D eigenvalue weighted by Crippen LogP contribution is 2.44. The molecule has 0 saturated heterocycles. The Kier molecular flexibility index (Phi) is 6.35. The van der Waals surface area contributed by atoms with Crippen LogP contribution in [0.15, 0.2) is 12.1 Å². The lowest BCUT2D eigenvalue weighted by molar-refractivity contribution is 0.164. The third-order valence-electron chi connectivity index (χ3n) is 6.48. The number of hydrogen-bond acceptors (Lipinski definition) is 1. The molecule has 2 saturated carbocycles. The van der Waals surface area contributed by atoms with E-state index in [-0.39, 0.29) is 11.7 Å². The first kappa shape index (κ1) is 18.7. The highest BCUT2D eigenvalue weighted by Gasteiger charge is 2.32. The molecule has 0 heterocycles. The molecule has 0 unspecified atom stereocenters. The highest BCUT2D eigenvalue weighted by atomic mass is 19.2. The lowest BCUT2D eigenvalue weighted by Gasteiger charge is -2.37. The minimum Gasteiger partial charge on any atom is -0.490 e. The molecule has 0 aromatic heterocycles. The van der Waals surface area contributed by atoms with Gasteiger partial charge in [-0.2, -0.15) is 4.39 Å². The Hall–Kier alpha value is -1.12. The van der Waals surface area contributed by atoms with Crippen molar-refractivity contribution in [2.24, 2.45) is 17.8 Å². The smallest absolute Gasteiger partial charge is 0.200 e. The Morgan fingerprint density at radius 1 is 0.880 bits per heavy atom. The van der Waals surface area contributed by atoms with E-state index in [0.717, 1.165) is 37.0 Å². The van der Waals surface area contributed by atoms with Gasteiger partial charge in [-0.15, -0.1) is 0 Å². The van der Waals surface area contributed by atoms with Gasteiger partial charge in [0, 0.05) is 0 Å². The van der Waals surface area contributed by atoms with Crippen molar-refractivity contribution in [3.05, 3.63) is 29.3 Å². The molecule has 0 amide bonds. The maximum absolute atomic E-state index is 14.5. The van der Waals surface area contributed by atoms with E-state index in [1.165, 1.54) is 38.5 Å². The fraction of sp³-hybridized carbons (Fsp3) is 0.727. The second kappa shape index (κ2) is 8.51. The van der Waals surface area contributed by atoms with Crippen molar-refractivity contribution in [2.45, 2.75) is 77.6 Å². The maximum atomic E-state index is 14.5. The van der Waals surface area contributed by atoms with E-state index in [1.807, 2.05) is 6.92 Å². The molecule has 0 atom stereocenters. The van der Waals surface area contributed by atoms with Crippen LogP contribution in [0.1, 0.15) is 83.1 Å². The third-order valence-corrected chi connectivity index (χ3v) is 6.48. The lowest BCUT2D eigenvalue weighted by atomic mass is 9.68. The van der Waals surface area contributed by atoms with Crippen molar-refractivity contribution >= 4 is 0 Å². The number of ether oxygens (including phenoxy) is 1. The summed E-state index contributed by atoms with van der Waals surface area (Å²) in [6.45, 7) is 4.73. The van der Waals surface area contributed by atoms with Crippen LogP contribution < -0.4 is 4.74 Å². The van der Waals surface area contributed by atoms with Crippen LogP contribution in [-0.2, 0) is 0 Å². The van der Waals surface area contributed by atoms with Crippen LogP contribution in [0.2, 0.25) is 0 Å². The normalized spacial score (nSPS) is 30.2. The SMILES string of the molecule is CCCOc1ccc(C2CCC(C3CCC(C)CC3)CC2)c(F)c1F. The topological polar surface area (TPSA) is 9.23 Å². The summed E-state index contributed by atoms with van der Waals surface area (Å²) < 4.78 is 34.1. The van der Waals surface area contributed by atoms with E-state index in [9.17, 15) is 8.78 Å². The summed E-state index contributed by atoms with van der Waals surface area (Å²) >= 11 is 0. The number of hydrogen-bond donors (Lipinski definition) is 0. The summed E-state index contributed by atoms with van der Waals surface area (Å²) in [5, 5.41) is 0. The molecule has 1 nitrogen and oxygen atoms in total. The van der Waals surface area contributed by atoms with Crippen LogP contribution in [-0.4, -0.2) is 6.61 Å². The van der Waals surface area contributed by atoms with Gasteiger partial charge in [0.15, 0.2) is 11.6 Å². The van der Waals surface area contributed by atoms with Crippen LogP contribution in [0.25, 0.3) is 0 Å². The van der Waals surface area contributed by atoms with Gasteiger partial charge in [0.2, 0.25) is 5.82 Å². The molecule has 0 radical (unpaired) electrons. The summed E-state index contributed by atoms with van der Waals surface area (Å²) in [7, 11) is 0. The molecule has 0 bridgehead atoms. The molecule has 1 aromatic carbocycles. The monoisotopic (exact) mass is 350 g/mol. The van der Waals surface area contributed by atoms with Gasteiger partial charge >= 0.3 is 0 Å². The Balaban J connectivity index is 1.60. The zero-order valence-corrected chi connectivity index (χ0v) is 15.7. The van der Waals surface area contributed by atoms with Gasteiger partial charge in [-0.1, -0.05) is 32.8 Å². The Bertz CT molecular complexity index is 555. The zero-order chi connectivity index (χ0) is 17.8. The van der Waals surface area contributed by atoms with Gasteiger partial charge < -0.3 is 4.74 Å². The molecule has 3 rings (SSSR count). The highest BCUT2D eigenvalue weighted by molar-refractivity contribution is 5.33. The molecule has 25 heavy (non-hydrogen) atoms. The van der Waals surface area contributed by atoms with Gasteiger partial charge in [-0.3, -0.25) is 0 Å². The Morgan fingerprint density at radius 3 is 2.08 bits per heavy atom. The molecule has 2 aliphatic carbocycles. The van der Waals surface area contributed by atoms with E-state index < -0.39 is 11.6 Å². The number of benzene rings is 1. The minimum atomic E-state index is -0.811. The summed E-state index contributed by atoms with van der Waals surface area (Å²) in [6.07, 6.45) is 10.5. The van der Waals surface area contributed by atoms with Crippen LogP contribution in [0.3, 0.4) is 0 Å². The van der Waals surface area contributed by atoms with E-state index in [1.54, 1.807) is 12.1 Å². The van der Waals surface area contributed by atoms with E-state index in [4.69, 9.17) is 4.74 Å². The molecular weight excluding hydrogens is 318 g/mol. The van der Waals surface area contributed by atoms with Gasteiger partial charge in [-0.25, -0.2) is 4.39 Å². The molecule has 0 spiro atoms. The molecule has 0 N–H and O–H groups in total. The molecule has 3 heteroatoms. The number of rotatable bonds is 5.